The summed E-state index contributed by atoms with van der Waals surface area (Å²) in [6, 6.07) is 6.69. The number of anilines is 1. The zero-order valence-electron chi connectivity index (χ0n) is 9.60. The highest BCUT2D eigenvalue weighted by Crippen LogP contribution is 2.37. The molecule has 4 heteroatoms. The van der Waals surface area contributed by atoms with Crippen LogP contribution in [0.2, 0.25) is 0 Å². The number of nitrogens with one attached hydrogen (secondary N) is 1. The van der Waals surface area contributed by atoms with Gasteiger partial charge in [-0.2, -0.15) is 0 Å². The first kappa shape index (κ1) is 11.5. The minimum atomic E-state index is 0.347. The van der Waals surface area contributed by atoms with Crippen LogP contribution in [0.4, 0.5) is 5.69 Å². The molecule has 1 heterocycles. The van der Waals surface area contributed by atoms with Gasteiger partial charge in [0, 0.05) is 12.2 Å². The minimum absolute atomic E-state index is 0.347. The lowest BCUT2D eigenvalue weighted by Gasteiger charge is -2.15. The van der Waals surface area contributed by atoms with Gasteiger partial charge in [-0.25, -0.2) is 0 Å². The summed E-state index contributed by atoms with van der Waals surface area (Å²) in [6.07, 6.45) is 0. The third-order valence-electron chi connectivity index (χ3n) is 2.81. The van der Waals surface area contributed by atoms with Crippen molar-refractivity contribution in [1.29, 1.82) is 0 Å². The van der Waals surface area contributed by atoms with E-state index < -0.39 is 0 Å². The second-order valence-corrected chi connectivity index (χ2v) is 5.03. The molecule has 86 valence electrons. The standard InChI is InChI=1S/C12H17N3S/c1-8-12(16-7-15-8)9-3-4-10(6-14-2)11(13)5-9/h3-5,7-8,12,14H,6,13H2,1-2H3. The number of aliphatic imine (C=N–C) groups is 1. The predicted molar refractivity (Wildman–Crippen MR) is 71.9 cm³/mol. The van der Waals surface area contributed by atoms with Gasteiger partial charge < -0.3 is 11.1 Å². The van der Waals surface area contributed by atoms with Crippen LogP contribution in [0.15, 0.2) is 23.2 Å². The lowest BCUT2D eigenvalue weighted by Crippen LogP contribution is -2.10. The number of hydrogen-bond acceptors (Lipinski definition) is 4. The molecule has 0 amide bonds. The topological polar surface area (TPSA) is 50.4 Å². The molecule has 2 atom stereocenters. The number of nitrogen functional groups attached to an aromatic ring is 1. The van der Waals surface area contributed by atoms with Gasteiger partial charge in [0.05, 0.1) is 16.8 Å². The van der Waals surface area contributed by atoms with Gasteiger partial charge >= 0.3 is 0 Å². The average Bonchev–Trinajstić information content (AvgIpc) is 2.68. The van der Waals surface area contributed by atoms with E-state index in [1.807, 2.05) is 12.6 Å². The molecule has 1 aromatic rings. The van der Waals surface area contributed by atoms with Crippen LogP contribution in [0, 0.1) is 0 Å². The number of rotatable bonds is 3. The van der Waals surface area contributed by atoms with Crippen molar-refractivity contribution in [3.63, 3.8) is 0 Å². The average molecular weight is 235 g/mol. The van der Waals surface area contributed by atoms with Crippen LogP contribution in [0.25, 0.3) is 0 Å². The van der Waals surface area contributed by atoms with Crippen molar-refractivity contribution in [1.82, 2.24) is 5.32 Å². The molecule has 1 aliphatic heterocycles. The highest BCUT2D eigenvalue weighted by Gasteiger charge is 2.22. The third-order valence-corrected chi connectivity index (χ3v) is 4.01. The molecular weight excluding hydrogens is 218 g/mol. The highest BCUT2D eigenvalue weighted by atomic mass is 32.2. The fourth-order valence-electron chi connectivity index (χ4n) is 1.89. The fraction of sp³-hybridized carbons (Fsp3) is 0.417. The van der Waals surface area contributed by atoms with Crippen molar-refractivity contribution in [3.05, 3.63) is 29.3 Å². The SMILES string of the molecule is CNCc1ccc(C2SC=NC2C)cc1N. The molecular formula is C12H17N3S. The van der Waals surface area contributed by atoms with Crippen molar-refractivity contribution < 1.29 is 0 Å². The van der Waals surface area contributed by atoms with Crippen LogP contribution in [0.3, 0.4) is 0 Å². The summed E-state index contributed by atoms with van der Waals surface area (Å²) in [5.74, 6) is 0. The summed E-state index contributed by atoms with van der Waals surface area (Å²) in [5.41, 5.74) is 11.3. The maximum atomic E-state index is 6.03. The Morgan fingerprint density at radius 1 is 1.50 bits per heavy atom. The maximum Gasteiger partial charge on any atom is 0.0640 e. The van der Waals surface area contributed by atoms with Crippen molar-refractivity contribution in [3.8, 4) is 0 Å². The molecule has 16 heavy (non-hydrogen) atoms. The summed E-state index contributed by atoms with van der Waals surface area (Å²) in [5, 5.41) is 3.53. The largest absolute Gasteiger partial charge is 0.398 e. The first-order chi connectivity index (χ1) is 7.72. The van der Waals surface area contributed by atoms with Gasteiger partial charge in [-0.1, -0.05) is 12.1 Å². The fourth-order valence-corrected chi connectivity index (χ4v) is 2.88. The van der Waals surface area contributed by atoms with Gasteiger partial charge in [-0.3, -0.25) is 4.99 Å². The molecule has 2 unspecified atom stereocenters. The third kappa shape index (κ3) is 2.23. The first-order valence-corrected chi connectivity index (χ1v) is 6.36. The van der Waals surface area contributed by atoms with Gasteiger partial charge in [0.25, 0.3) is 0 Å². The van der Waals surface area contributed by atoms with E-state index in [1.54, 1.807) is 11.8 Å². The zero-order chi connectivity index (χ0) is 11.5. The van der Waals surface area contributed by atoms with Crippen molar-refractivity contribution in [2.24, 2.45) is 4.99 Å². The molecule has 2 rings (SSSR count). The Kier molecular flexibility index (Phi) is 3.51. The molecule has 0 saturated carbocycles. The summed E-state index contributed by atoms with van der Waals surface area (Å²) < 4.78 is 0. The van der Waals surface area contributed by atoms with E-state index in [0.29, 0.717) is 11.3 Å². The minimum Gasteiger partial charge on any atom is -0.398 e. The highest BCUT2D eigenvalue weighted by molar-refractivity contribution is 8.12. The van der Waals surface area contributed by atoms with Crippen LogP contribution in [-0.4, -0.2) is 18.6 Å². The molecule has 1 aliphatic rings. The Bertz CT molecular complexity index is 403. The lowest BCUT2D eigenvalue weighted by molar-refractivity contribution is 0.740. The number of thioether (sulfide) groups is 1. The number of hydrogen-bond donors (Lipinski definition) is 2. The number of nitrogens with two attached hydrogens (primary N) is 1. The van der Waals surface area contributed by atoms with Crippen LogP contribution in [-0.2, 0) is 6.54 Å². The van der Waals surface area contributed by atoms with E-state index in [1.165, 1.54) is 5.56 Å². The Labute approximate surface area is 101 Å². The molecule has 0 fully saturated rings. The Morgan fingerprint density at radius 3 is 2.88 bits per heavy atom. The molecule has 0 saturated heterocycles. The summed E-state index contributed by atoms with van der Waals surface area (Å²) in [6.45, 7) is 2.95. The molecule has 0 aliphatic carbocycles. The molecule has 0 spiro atoms. The summed E-state index contributed by atoms with van der Waals surface area (Å²) >= 11 is 1.77. The van der Waals surface area contributed by atoms with E-state index in [4.69, 9.17) is 5.73 Å². The molecule has 3 N–H and O–H groups in total. The van der Waals surface area contributed by atoms with Crippen LogP contribution in [0.5, 0.6) is 0 Å². The van der Waals surface area contributed by atoms with Crippen molar-refractivity contribution >= 4 is 23.0 Å². The molecule has 1 aromatic carbocycles. The summed E-state index contributed by atoms with van der Waals surface area (Å²) in [4.78, 5) is 4.37. The van der Waals surface area contributed by atoms with E-state index in [-0.39, 0.29) is 0 Å². The van der Waals surface area contributed by atoms with Crippen molar-refractivity contribution in [2.45, 2.75) is 24.8 Å². The Morgan fingerprint density at radius 2 is 2.31 bits per heavy atom. The van der Waals surface area contributed by atoms with Crippen molar-refractivity contribution in [2.75, 3.05) is 12.8 Å². The lowest BCUT2D eigenvalue weighted by atomic mass is 10.0. The molecule has 3 nitrogen and oxygen atoms in total. The van der Waals surface area contributed by atoms with Gasteiger partial charge in [-0.05, 0) is 31.2 Å². The first-order valence-electron chi connectivity index (χ1n) is 5.42. The normalized spacial score (nSPS) is 23.9. The molecule has 0 radical (unpaired) electrons. The van der Waals surface area contributed by atoms with Gasteiger partial charge in [-0.15, -0.1) is 11.8 Å². The Hall–Kier alpha value is -1.00. The van der Waals surface area contributed by atoms with Crippen LogP contribution in [0.1, 0.15) is 23.3 Å². The quantitative estimate of drug-likeness (QED) is 0.790. The maximum absolute atomic E-state index is 6.03. The zero-order valence-corrected chi connectivity index (χ0v) is 10.4. The van der Waals surface area contributed by atoms with Gasteiger partial charge in [0.2, 0.25) is 0 Å². The van der Waals surface area contributed by atoms with Crippen LogP contribution < -0.4 is 11.1 Å². The van der Waals surface area contributed by atoms with E-state index in [9.17, 15) is 0 Å². The number of nitrogens with zero attached hydrogens (tertiary/aromatic N) is 1. The predicted octanol–water partition coefficient (Wildman–Crippen LogP) is 2.19. The second-order valence-electron chi connectivity index (χ2n) is 4.04. The van der Waals surface area contributed by atoms with Crippen LogP contribution >= 0.6 is 11.8 Å². The monoisotopic (exact) mass is 235 g/mol. The van der Waals surface area contributed by atoms with Gasteiger partial charge in [0.1, 0.15) is 0 Å². The second kappa shape index (κ2) is 4.89. The molecule has 0 bridgehead atoms. The molecule has 0 aromatic heterocycles. The van der Waals surface area contributed by atoms with E-state index in [0.717, 1.165) is 17.8 Å². The smallest absolute Gasteiger partial charge is 0.0640 e. The number of benzene rings is 1. The summed E-state index contributed by atoms with van der Waals surface area (Å²) in [7, 11) is 1.93. The van der Waals surface area contributed by atoms with Gasteiger partial charge in [0.15, 0.2) is 0 Å². The van der Waals surface area contributed by atoms with E-state index >= 15 is 0 Å². The Balaban J connectivity index is 2.21. The van der Waals surface area contributed by atoms with E-state index in [2.05, 4.69) is 35.4 Å².